The van der Waals surface area contributed by atoms with E-state index in [0.29, 0.717) is 0 Å². The van der Waals surface area contributed by atoms with Crippen molar-refractivity contribution in [1.29, 1.82) is 0 Å². The Balaban J connectivity index is 2.30. The molecule has 1 heterocycles. The number of aliphatic imine (C=N–C) groups is 1. The first kappa shape index (κ1) is 13.3. The van der Waals surface area contributed by atoms with Crippen LogP contribution in [0.4, 0.5) is 0 Å². The molecule has 1 atom stereocenters. The van der Waals surface area contributed by atoms with Crippen LogP contribution in [0, 0.1) is 5.92 Å². The molecule has 0 aromatic heterocycles. The number of ether oxygens (including phenoxy) is 1. The third kappa shape index (κ3) is 4.39. The summed E-state index contributed by atoms with van der Waals surface area (Å²) >= 11 is 0. The van der Waals surface area contributed by atoms with Gasteiger partial charge in [0.05, 0.1) is 6.61 Å². The van der Waals surface area contributed by atoms with E-state index in [1.165, 1.54) is 12.8 Å². The third-order valence-electron chi connectivity index (χ3n) is 2.90. The van der Waals surface area contributed by atoms with Gasteiger partial charge in [-0.2, -0.15) is 0 Å². The summed E-state index contributed by atoms with van der Waals surface area (Å²) in [4.78, 5) is 6.67. The van der Waals surface area contributed by atoms with Crippen LogP contribution in [0.15, 0.2) is 4.99 Å². The Labute approximate surface area is 99.1 Å². The standard InChI is InChI=1S/C12H25N3O/c1-4-16-9-7-14-12(13-3)15-8-5-6-11(2)10-15/h11H,4-10H2,1-3H3,(H,13,14). The van der Waals surface area contributed by atoms with Crippen molar-refractivity contribution in [3.8, 4) is 0 Å². The maximum Gasteiger partial charge on any atom is 0.193 e. The highest BCUT2D eigenvalue weighted by Gasteiger charge is 2.18. The molecular formula is C12H25N3O. The maximum absolute atomic E-state index is 5.30. The fourth-order valence-electron chi connectivity index (χ4n) is 2.09. The van der Waals surface area contributed by atoms with Crippen molar-refractivity contribution in [2.75, 3.05) is 39.9 Å². The van der Waals surface area contributed by atoms with Crippen LogP contribution < -0.4 is 5.32 Å². The average molecular weight is 227 g/mol. The largest absolute Gasteiger partial charge is 0.380 e. The van der Waals surface area contributed by atoms with Gasteiger partial charge in [-0.1, -0.05) is 6.92 Å². The molecule has 16 heavy (non-hydrogen) atoms. The van der Waals surface area contributed by atoms with Gasteiger partial charge in [0.1, 0.15) is 0 Å². The molecule has 1 aliphatic heterocycles. The van der Waals surface area contributed by atoms with Crippen LogP contribution in [0.2, 0.25) is 0 Å². The lowest BCUT2D eigenvalue weighted by Crippen LogP contribution is -2.46. The molecule has 0 radical (unpaired) electrons. The molecule has 1 aliphatic rings. The zero-order chi connectivity index (χ0) is 11.8. The second-order valence-corrected chi connectivity index (χ2v) is 4.36. The Morgan fingerprint density at radius 3 is 3.00 bits per heavy atom. The zero-order valence-corrected chi connectivity index (χ0v) is 10.8. The van der Waals surface area contributed by atoms with Crippen molar-refractivity contribution in [2.24, 2.45) is 10.9 Å². The highest BCUT2D eigenvalue weighted by atomic mass is 16.5. The first-order chi connectivity index (χ1) is 7.77. The number of rotatable bonds is 4. The molecule has 1 rings (SSSR count). The normalized spacial score (nSPS) is 22.3. The van der Waals surface area contributed by atoms with Crippen molar-refractivity contribution >= 4 is 5.96 Å². The summed E-state index contributed by atoms with van der Waals surface area (Å²) in [6.07, 6.45) is 2.61. The Morgan fingerprint density at radius 2 is 2.38 bits per heavy atom. The van der Waals surface area contributed by atoms with Gasteiger partial charge in [0, 0.05) is 33.3 Å². The van der Waals surface area contributed by atoms with Gasteiger partial charge in [0.15, 0.2) is 5.96 Å². The van der Waals surface area contributed by atoms with E-state index in [0.717, 1.165) is 44.7 Å². The Kier molecular flexibility index (Phi) is 6.23. The van der Waals surface area contributed by atoms with Crippen LogP contribution in [0.3, 0.4) is 0 Å². The molecule has 0 amide bonds. The van der Waals surface area contributed by atoms with Gasteiger partial charge in [-0.3, -0.25) is 4.99 Å². The predicted octanol–water partition coefficient (Wildman–Crippen LogP) is 1.33. The molecule has 0 aliphatic carbocycles. The van der Waals surface area contributed by atoms with Crippen LogP contribution in [0.5, 0.6) is 0 Å². The Morgan fingerprint density at radius 1 is 1.56 bits per heavy atom. The molecule has 94 valence electrons. The van der Waals surface area contributed by atoms with E-state index in [4.69, 9.17) is 4.74 Å². The summed E-state index contributed by atoms with van der Waals surface area (Å²) in [5, 5.41) is 3.35. The first-order valence-corrected chi connectivity index (χ1v) is 6.31. The molecule has 4 heteroatoms. The van der Waals surface area contributed by atoms with Crippen molar-refractivity contribution in [1.82, 2.24) is 10.2 Å². The highest BCUT2D eigenvalue weighted by Crippen LogP contribution is 2.15. The number of hydrogen-bond acceptors (Lipinski definition) is 2. The van der Waals surface area contributed by atoms with Gasteiger partial charge in [-0.15, -0.1) is 0 Å². The quantitative estimate of drug-likeness (QED) is 0.447. The summed E-state index contributed by atoms with van der Waals surface area (Å²) in [5.74, 6) is 1.80. The molecule has 0 spiro atoms. The van der Waals surface area contributed by atoms with Crippen molar-refractivity contribution in [3.05, 3.63) is 0 Å². The second kappa shape index (κ2) is 7.49. The van der Waals surface area contributed by atoms with Gasteiger partial charge in [0.25, 0.3) is 0 Å². The van der Waals surface area contributed by atoms with E-state index >= 15 is 0 Å². The van der Waals surface area contributed by atoms with Gasteiger partial charge in [-0.05, 0) is 25.7 Å². The fourth-order valence-corrected chi connectivity index (χ4v) is 2.09. The lowest BCUT2D eigenvalue weighted by Gasteiger charge is -2.33. The van der Waals surface area contributed by atoms with E-state index in [1.54, 1.807) is 0 Å². The lowest BCUT2D eigenvalue weighted by atomic mass is 10.0. The maximum atomic E-state index is 5.30. The van der Waals surface area contributed by atoms with E-state index in [-0.39, 0.29) is 0 Å². The van der Waals surface area contributed by atoms with Gasteiger partial charge < -0.3 is 15.0 Å². The van der Waals surface area contributed by atoms with E-state index < -0.39 is 0 Å². The SMILES string of the molecule is CCOCCNC(=NC)N1CCCC(C)C1. The molecule has 0 saturated carbocycles. The number of nitrogens with zero attached hydrogens (tertiary/aromatic N) is 2. The minimum atomic E-state index is 0.749. The van der Waals surface area contributed by atoms with Crippen LogP contribution in [0.25, 0.3) is 0 Å². The summed E-state index contributed by atoms with van der Waals surface area (Å²) in [5.41, 5.74) is 0. The molecule has 1 N–H and O–H groups in total. The molecule has 4 nitrogen and oxygen atoms in total. The van der Waals surface area contributed by atoms with Gasteiger partial charge >= 0.3 is 0 Å². The smallest absolute Gasteiger partial charge is 0.193 e. The molecule has 1 unspecified atom stereocenters. The molecule has 0 aromatic carbocycles. The minimum absolute atomic E-state index is 0.749. The lowest BCUT2D eigenvalue weighted by molar-refractivity contribution is 0.151. The number of nitrogens with one attached hydrogen (secondary N) is 1. The summed E-state index contributed by atoms with van der Waals surface area (Å²) in [6, 6.07) is 0. The van der Waals surface area contributed by atoms with Crippen LogP contribution >= 0.6 is 0 Å². The minimum Gasteiger partial charge on any atom is -0.380 e. The number of guanidine groups is 1. The zero-order valence-electron chi connectivity index (χ0n) is 10.8. The van der Waals surface area contributed by atoms with Crippen molar-refractivity contribution < 1.29 is 4.74 Å². The number of hydrogen-bond donors (Lipinski definition) is 1. The summed E-state index contributed by atoms with van der Waals surface area (Å²) < 4.78 is 5.30. The van der Waals surface area contributed by atoms with Gasteiger partial charge in [0.2, 0.25) is 0 Å². The topological polar surface area (TPSA) is 36.9 Å². The first-order valence-electron chi connectivity index (χ1n) is 6.31. The van der Waals surface area contributed by atoms with Crippen molar-refractivity contribution in [3.63, 3.8) is 0 Å². The highest BCUT2D eigenvalue weighted by molar-refractivity contribution is 5.79. The van der Waals surface area contributed by atoms with Crippen LogP contribution in [0.1, 0.15) is 26.7 Å². The van der Waals surface area contributed by atoms with Crippen molar-refractivity contribution in [2.45, 2.75) is 26.7 Å². The predicted molar refractivity (Wildman–Crippen MR) is 67.8 cm³/mol. The van der Waals surface area contributed by atoms with Gasteiger partial charge in [-0.25, -0.2) is 0 Å². The van der Waals surface area contributed by atoms with Crippen LogP contribution in [-0.2, 0) is 4.74 Å². The Hall–Kier alpha value is -0.770. The second-order valence-electron chi connectivity index (χ2n) is 4.36. The number of likely N-dealkylation sites (tertiary alicyclic amines) is 1. The third-order valence-corrected chi connectivity index (χ3v) is 2.90. The molecule has 0 aromatic rings. The molecular weight excluding hydrogens is 202 g/mol. The van der Waals surface area contributed by atoms with E-state index in [2.05, 4.69) is 22.1 Å². The van der Waals surface area contributed by atoms with Crippen LogP contribution in [-0.4, -0.2) is 50.8 Å². The molecule has 1 fully saturated rings. The summed E-state index contributed by atoms with van der Waals surface area (Å²) in [6.45, 7) is 8.93. The van der Waals surface area contributed by atoms with E-state index in [1.807, 2.05) is 14.0 Å². The fraction of sp³-hybridized carbons (Fsp3) is 0.917. The Bertz CT molecular complexity index is 218. The number of piperidine rings is 1. The monoisotopic (exact) mass is 227 g/mol. The summed E-state index contributed by atoms with van der Waals surface area (Å²) in [7, 11) is 1.85. The molecule has 0 bridgehead atoms. The molecule has 1 saturated heterocycles. The average Bonchev–Trinajstić information content (AvgIpc) is 2.29. The van der Waals surface area contributed by atoms with E-state index in [9.17, 15) is 0 Å².